The van der Waals surface area contributed by atoms with E-state index >= 15 is 0 Å². The molecule has 1 atom stereocenters. The molecule has 0 saturated carbocycles. The van der Waals surface area contributed by atoms with Crippen LogP contribution in [0.3, 0.4) is 0 Å². The van der Waals surface area contributed by atoms with Crippen molar-refractivity contribution in [3.63, 3.8) is 0 Å². The smallest absolute Gasteiger partial charge is 0.0978 e. The van der Waals surface area contributed by atoms with Gasteiger partial charge >= 0.3 is 0 Å². The molecule has 2 aromatic rings. The topological polar surface area (TPSA) is 20.2 Å². The Morgan fingerprint density at radius 3 is 2.85 bits per heavy atom. The van der Waals surface area contributed by atoms with Gasteiger partial charge in [-0.2, -0.15) is 0 Å². The van der Waals surface area contributed by atoms with E-state index in [1.807, 2.05) is 18.2 Å². The zero-order valence-corrected chi connectivity index (χ0v) is 9.31. The number of alkyl halides is 1. The molecule has 0 spiro atoms. The summed E-state index contributed by atoms with van der Waals surface area (Å²) in [5.41, 5.74) is 0. The summed E-state index contributed by atoms with van der Waals surface area (Å²) in [6.07, 6.45) is -0.377. The summed E-state index contributed by atoms with van der Waals surface area (Å²) >= 11 is 4.92. The molecule has 0 unspecified atom stereocenters. The van der Waals surface area contributed by atoms with E-state index in [-0.39, 0.29) is 6.10 Å². The Hall–Kier alpha value is -0.380. The first-order chi connectivity index (χ1) is 6.31. The highest BCUT2D eigenvalue weighted by Gasteiger charge is 2.08. The number of hydrogen-bond donors (Lipinski definition) is 1. The summed E-state index contributed by atoms with van der Waals surface area (Å²) in [7, 11) is 0. The van der Waals surface area contributed by atoms with Crippen LogP contribution in [-0.4, -0.2) is 10.4 Å². The van der Waals surface area contributed by atoms with Crippen molar-refractivity contribution in [2.24, 2.45) is 0 Å². The van der Waals surface area contributed by atoms with Crippen LogP contribution in [0.15, 0.2) is 30.3 Å². The summed E-state index contributed by atoms with van der Waals surface area (Å²) in [6, 6.07) is 10.2. The van der Waals surface area contributed by atoms with Gasteiger partial charge in [-0.05, 0) is 17.5 Å². The Bertz CT molecular complexity index is 377. The molecule has 1 heterocycles. The SMILES string of the molecule is O[C@@H](CBr)c1cc2ccccc2s1. The lowest BCUT2D eigenvalue weighted by Crippen LogP contribution is -1.93. The summed E-state index contributed by atoms with van der Waals surface area (Å²) in [5, 5.41) is 11.4. The van der Waals surface area contributed by atoms with Gasteiger partial charge in [0.15, 0.2) is 0 Å². The van der Waals surface area contributed by atoms with Gasteiger partial charge in [0.25, 0.3) is 0 Å². The quantitative estimate of drug-likeness (QED) is 0.818. The lowest BCUT2D eigenvalue weighted by atomic mass is 10.2. The number of thiophene rings is 1. The largest absolute Gasteiger partial charge is 0.387 e. The van der Waals surface area contributed by atoms with Crippen LogP contribution in [0.1, 0.15) is 11.0 Å². The maximum atomic E-state index is 9.59. The van der Waals surface area contributed by atoms with Crippen molar-refractivity contribution < 1.29 is 5.11 Å². The normalized spacial score (nSPS) is 13.4. The third-order valence-electron chi connectivity index (χ3n) is 1.92. The molecule has 1 aromatic carbocycles. The van der Waals surface area contributed by atoms with E-state index < -0.39 is 0 Å². The molecular weight excluding hydrogens is 248 g/mol. The van der Waals surface area contributed by atoms with Gasteiger partial charge in [0, 0.05) is 14.9 Å². The molecule has 0 amide bonds. The first kappa shape index (κ1) is 9.19. The first-order valence-electron chi connectivity index (χ1n) is 4.04. The molecule has 0 saturated heterocycles. The number of aliphatic hydroxyl groups excluding tert-OH is 1. The van der Waals surface area contributed by atoms with Crippen LogP contribution in [0.25, 0.3) is 10.1 Å². The van der Waals surface area contributed by atoms with Crippen LogP contribution in [-0.2, 0) is 0 Å². The van der Waals surface area contributed by atoms with Crippen molar-refractivity contribution in [1.82, 2.24) is 0 Å². The zero-order chi connectivity index (χ0) is 9.26. The first-order valence-corrected chi connectivity index (χ1v) is 5.97. The maximum absolute atomic E-state index is 9.59. The van der Waals surface area contributed by atoms with Crippen molar-refractivity contribution in [3.05, 3.63) is 35.2 Å². The predicted octanol–water partition coefficient (Wildman–Crippen LogP) is 3.33. The van der Waals surface area contributed by atoms with Crippen molar-refractivity contribution in [1.29, 1.82) is 0 Å². The highest BCUT2D eigenvalue weighted by Crippen LogP contribution is 2.30. The monoisotopic (exact) mass is 256 g/mol. The molecule has 1 nitrogen and oxygen atoms in total. The predicted molar refractivity (Wildman–Crippen MR) is 60.6 cm³/mol. The molecule has 0 aliphatic heterocycles. The van der Waals surface area contributed by atoms with Crippen molar-refractivity contribution in [2.45, 2.75) is 6.10 Å². The minimum atomic E-state index is -0.377. The molecule has 0 fully saturated rings. The van der Waals surface area contributed by atoms with Crippen molar-refractivity contribution >= 4 is 37.4 Å². The molecule has 13 heavy (non-hydrogen) atoms. The molecule has 2 rings (SSSR count). The molecule has 0 radical (unpaired) electrons. The Morgan fingerprint density at radius 1 is 1.38 bits per heavy atom. The number of aliphatic hydroxyl groups is 1. The Morgan fingerprint density at radius 2 is 2.15 bits per heavy atom. The molecule has 1 aromatic heterocycles. The molecular formula is C10H9BrOS. The van der Waals surface area contributed by atoms with Gasteiger partial charge in [0.05, 0.1) is 6.10 Å². The Labute approximate surface area is 89.1 Å². The number of fused-ring (bicyclic) bond motifs is 1. The average molecular weight is 257 g/mol. The van der Waals surface area contributed by atoms with Crippen molar-refractivity contribution in [3.8, 4) is 0 Å². The van der Waals surface area contributed by atoms with Gasteiger partial charge in [0.2, 0.25) is 0 Å². The number of benzene rings is 1. The highest BCUT2D eigenvalue weighted by molar-refractivity contribution is 9.09. The van der Waals surface area contributed by atoms with Crippen LogP contribution in [0.4, 0.5) is 0 Å². The minimum absolute atomic E-state index is 0.377. The van der Waals surface area contributed by atoms with Gasteiger partial charge < -0.3 is 5.11 Å². The lowest BCUT2D eigenvalue weighted by Gasteiger charge is -2.00. The summed E-state index contributed by atoms with van der Waals surface area (Å²) in [5.74, 6) is 0. The van der Waals surface area contributed by atoms with Crippen LogP contribution in [0, 0.1) is 0 Å². The zero-order valence-electron chi connectivity index (χ0n) is 6.90. The van der Waals surface area contributed by atoms with Gasteiger partial charge in [-0.15, -0.1) is 11.3 Å². The Balaban J connectivity index is 2.49. The van der Waals surface area contributed by atoms with E-state index in [0.717, 1.165) is 4.88 Å². The molecule has 1 N–H and O–H groups in total. The lowest BCUT2D eigenvalue weighted by molar-refractivity contribution is 0.209. The molecule has 0 bridgehead atoms. The van der Waals surface area contributed by atoms with E-state index in [0.29, 0.717) is 5.33 Å². The van der Waals surface area contributed by atoms with E-state index in [1.54, 1.807) is 11.3 Å². The highest BCUT2D eigenvalue weighted by atomic mass is 79.9. The summed E-state index contributed by atoms with van der Waals surface area (Å²) < 4.78 is 1.23. The average Bonchev–Trinajstić information content (AvgIpc) is 2.59. The standard InChI is InChI=1S/C10H9BrOS/c11-6-8(12)10-5-7-3-1-2-4-9(7)13-10/h1-5,8,12H,6H2/t8-/m0/s1. The maximum Gasteiger partial charge on any atom is 0.0978 e. The fraction of sp³-hybridized carbons (Fsp3) is 0.200. The second-order valence-electron chi connectivity index (χ2n) is 2.86. The summed E-state index contributed by atoms with van der Waals surface area (Å²) in [6.45, 7) is 0. The molecule has 3 heteroatoms. The Kier molecular flexibility index (Phi) is 2.67. The van der Waals surface area contributed by atoms with Crippen LogP contribution in [0.5, 0.6) is 0 Å². The fourth-order valence-electron chi connectivity index (χ4n) is 1.24. The van der Waals surface area contributed by atoms with Crippen LogP contribution in [0.2, 0.25) is 0 Å². The van der Waals surface area contributed by atoms with Gasteiger partial charge in [-0.1, -0.05) is 34.1 Å². The van der Waals surface area contributed by atoms with E-state index in [9.17, 15) is 5.11 Å². The third kappa shape index (κ3) is 1.77. The fourth-order valence-corrected chi connectivity index (χ4v) is 2.86. The molecule has 0 aliphatic rings. The van der Waals surface area contributed by atoms with Gasteiger partial charge in [-0.25, -0.2) is 0 Å². The van der Waals surface area contributed by atoms with Gasteiger partial charge in [0.1, 0.15) is 0 Å². The molecule has 0 aliphatic carbocycles. The van der Waals surface area contributed by atoms with Gasteiger partial charge in [-0.3, -0.25) is 0 Å². The van der Waals surface area contributed by atoms with E-state index in [1.165, 1.54) is 10.1 Å². The minimum Gasteiger partial charge on any atom is -0.387 e. The number of halogens is 1. The van der Waals surface area contributed by atoms with E-state index in [4.69, 9.17) is 0 Å². The van der Waals surface area contributed by atoms with Crippen LogP contribution >= 0.6 is 27.3 Å². The third-order valence-corrected chi connectivity index (χ3v) is 3.75. The summed E-state index contributed by atoms with van der Waals surface area (Å²) in [4.78, 5) is 1.03. The second kappa shape index (κ2) is 3.78. The number of rotatable bonds is 2. The van der Waals surface area contributed by atoms with Crippen molar-refractivity contribution in [2.75, 3.05) is 5.33 Å². The van der Waals surface area contributed by atoms with Crippen LogP contribution < -0.4 is 0 Å². The number of hydrogen-bond acceptors (Lipinski definition) is 2. The van der Waals surface area contributed by atoms with E-state index in [2.05, 4.69) is 28.1 Å². The second-order valence-corrected chi connectivity index (χ2v) is 4.62. The molecule has 68 valence electrons.